The molecule has 5 N–H and O–H groups in total. The highest BCUT2D eigenvalue weighted by Gasteiger charge is 2.39. The van der Waals surface area contributed by atoms with Crippen molar-refractivity contribution in [3.8, 4) is 0 Å². The summed E-state index contributed by atoms with van der Waals surface area (Å²) in [6.07, 6.45) is 27.3. The lowest BCUT2D eigenvalue weighted by Crippen LogP contribution is -2.33. The van der Waals surface area contributed by atoms with Crippen molar-refractivity contribution in [2.75, 3.05) is 72.7 Å². The van der Waals surface area contributed by atoms with Crippen LogP contribution in [0.3, 0.4) is 0 Å². The highest BCUT2D eigenvalue weighted by atomic mass is 31.2. The number of aliphatic hydroxyl groups excluding tert-OH is 1. The first-order valence-corrected chi connectivity index (χ1v) is 40.5. The molecule has 0 radical (unpaired) electrons. The molecule has 0 aromatic carbocycles. The first kappa shape index (κ1) is 87.3. The van der Waals surface area contributed by atoms with Crippen LogP contribution in [0.1, 0.15) is 300 Å². The fourth-order valence-electron chi connectivity index (χ4n) is 11.0. The molecule has 24 heteroatoms. The van der Waals surface area contributed by atoms with Gasteiger partial charge < -0.3 is 38.9 Å². The molecule has 0 aromatic rings. The summed E-state index contributed by atoms with van der Waals surface area (Å²) in [7, 11) is -20.3. The van der Waals surface area contributed by atoms with Crippen LogP contribution in [0.5, 0.6) is 0 Å². The quantitative estimate of drug-likeness (QED) is 0.0215. The van der Waals surface area contributed by atoms with Crippen molar-refractivity contribution in [1.82, 2.24) is 0 Å². The molecule has 0 spiro atoms. The molecule has 0 rings (SSSR count). The zero-order valence-electron chi connectivity index (χ0n) is 56.6. The van der Waals surface area contributed by atoms with E-state index in [0.29, 0.717) is 38.7 Å². The fourth-order valence-corrected chi connectivity index (χ4v) is 14.5. The molecule has 0 aliphatic rings. The fraction of sp³-hybridized carbons (Fsp3) is 1.00. The lowest BCUT2D eigenvalue weighted by molar-refractivity contribution is -0.106. The van der Waals surface area contributed by atoms with E-state index in [4.69, 9.17) is 50.4 Å². The SMILES string of the molecule is CCCCCCCOP(=O)(O)OC(COCC(CCCC)(CCCC)CCCC)OP(=O)(O)OCC(COCC(CCCC)(CCCC)CCCC)OP(=O)(O)OCC(COCC(CCCC)(CCCC)CCCC)OP(=O)(O)OCCCCCCO. The lowest BCUT2D eigenvalue weighted by Gasteiger charge is -2.35. The van der Waals surface area contributed by atoms with Crippen LogP contribution in [0.25, 0.3) is 0 Å². The van der Waals surface area contributed by atoms with Crippen molar-refractivity contribution in [3.05, 3.63) is 0 Å². The van der Waals surface area contributed by atoms with Gasteiger partial charge in [0.1, 0.15) is 12.2 Å². The van der Waals surface area contributed by atoms with E-state index in [1.54, 1.807) is 0 Å². The first-order valence-electron chi connectivity index (χ1n) is 34.5. The number of ether oxygens (including phenoxy) is 3. The minimum absolute atomic E-state index is 0.0324. The summed E-state index contributed by atoms with van der Waals surface area (Å²) in [4.78, 5) is 44.9. The molecule has 20 nitrogen and oxygen atoms in total. The summed E-state index contributed by atoms with van der Waals surface area (Å²) >= 11 is 0. The van der Waals surface area contributed by atoms with E-state index >= 15 is 0 Å². The van der Waals surface area contributed by atoms with E-state index in [9.17, 15) is 42.9 Å². The van der Waals surface area contributed by atoms with E-state index in [0.717, 1.165) is 199 Å². The molecule has 0 aliphatic carbocycles. The van der Waals surface area contributed by atoms with Crippen molar-refractivity contribution < 1.29 is 93.3 Å². The molecule has 0 aliphatic heterocycles. The number of rotatable bonds is 67. The summed E-state index contributed by atoms with van der Waals surface area (Å²) in [5, 5.41) is 9.18. The molecule has 0 bridgehead atoms. The monoisotopic (exact) mass is 1330 g/mol. The Kier molecular flexibility index (Phi) is 52.7. The Hall–Kier alpha value is 0.280. The minimum atomic E-state index is -5.32. The summed E-state index contributed by atoms with van der Waals surface area (Å²) in [5.41, 5.74) is -0.609. The largest absolute Gasteiger partial charge is 0.474 e. The number of hydrogen-bond acceptors (Lipinski definition) is 16. The first-order chi connectivity index (χ1) is 41.5. The van der Waals surface area contributed by atoms with E-state index in [2.05, 4.69) is 69.2 Å². The van der Waals surface area contributed by atoms with Crippen LogP contribution in [-0.4, -0.2) is 116 Å². The Morgan fingerprint density at radius 2 is 0.552 bits per heavy atom. The third-order valence-corrected chi connectivity index (χ3v) is 20.5. The summed E-state index contributed by atoms with van der Waals surface area (Å²) < 4.78 is 118. The maximum atomic E-state index is 14.2. The standard InChI is InChI=1S/C63H132O20P4/c1-11-21-31-33-36-49-77-85(67,68)82-60(54-75-57-63(44-28-18-8,45-29-19-9)46-30-20-10)83-87(71,72)79-53-59(51-74-56-62(41-25-15-5,42-26-16-6)43-27-17-7)81-86(69,70)78-52-58(80-84(65,66)76-48-37-34-32-35-47-64)50-73-55-61(38-22-12-2,39-23-13-3)40-24-14-4/h58-60,64H,11-57H2,1-10H3,(H,65,66)(H,67,68)(H,69,70)(H,71,72). The zero-order valence-corrected chi connectivity index (χ0v) is 60.2. The van der Waals surface area contributed by atoms with Crippen LogP contribution >= 0.6 is 31.3 Å². The van der Waals surface area contributed by atoms with E-state index in [-0.39, 0.29) is 55.9 Å². The van der Waals surface area contributed by atoms with E-state index in [1.807, 2.05) is 0 Å². The third kappa shape index (κ3) is 45.3. The van der Waals surface area contributed by atoms with Crippen LogP contribution in [0.2, 0.25) is 0 Å². The van der Waals surface area contributed by atoms with Gasteiger partial charge in [-0.1, -0.05) is 223 Å². The number of phosphoric acid groups is 4. The van der Waals surface area contributed by atoms with E-state index < -0.39 is 76.2 Å². The van der Waals surface area contributed by atoms with Gasteiger partial charge in [0.25, 0.3) is 0 Å². The predicted octanol–water partition coefficient (Wildman–Crippen LogP) is 18.8. The Morgan fingerprint density at radius 3 is 0.851 bits per heavy atom. The lowest BCUT2D eigenvalue weighted by atomic mass is 9.75. The van der Waals surface area contributed by atoms with Crippen molar-refractivity contribution in [3.63, 3.8) is 0 Å². The van der Waals surface area contributed by atoms with Gasteiger partial charge in [-0.05, 0) is 93.3 Å². The number of unbranched alkanes of at least 4 members (excludes halogenated alkanes) is 16. The van der Waals surface area contributed by atoms with Gasteiger partial charge in [0.2, 0.25) is 6.29 Å². The van der Waals surface area contributed by atoms with Crippen LogP contribution in [0.4, 0.5) is 0 Å². The third-order valence-electron chi connectivity index (χ3n) is 16.4. The average Bonchev–Trinajstić information content (AvgIpc) is 3.38. The molecule has 0 saturated carbocycles. The Balaban J connectivity index is 7.25. The summed E-state index contributed by atoms with van der Waals surface area (Å²) in [5.74, 6) is 0. The molecular formula is C63H132O20P4. The normalized spacial score (nSPS) is 16.5. The van der Waals surface area contributed by atoms with Gasteiger partial charge >= 0.3 is 31.3 Å². The minimum Gasteiger partial charge on any atom is -0.396 e. The molecule has 0 amide bonds. The summed E-state index contributed by atoms with van der Waals surface area (Å²) in [6.45, 7) is 19.0. The maximum Gasteiger partial charge on any atom is 0.474 e. The second kappa shape index (κ2) is 52.5. The van der Waals surface area contributed by atoms with Gasteiger partial charge in [-0.2, -0.15) is 0 Å². The molecule has 87 heavy (non-hydrogen) atoms. The van der Waals surface area contributed by atoms with Gasteiger partial charge in [0, 0.05) is 6.61 Å². The molecule has 0 fully saturated rings. The van der Waals surface area contributed by atoms with Crippen molar-refractivity contribution in [2.45, 2.75) is 319 Å². The number of phosphoric ester groups is 4. The zero-order chi connectivity index (χ0) is 65.2. The van der Waals surface area contributed by atoms with Gasteiger partial charge in [-0.25, -0.2) is 18.3 Å². The molecule has 7 unspecified atom stereocenters. The summed E-state index contributed by atoms with van der Waals surface area (Å²) in [6, 6.07) is 0. The molecule has 7 atom stereocenters. The van der Waals surface area contributed by atoms with Crippen LogP contribution < -0.4 is 0 Å². The maximum absolute atomic E-state index is 14.2. The molecule has 0 aromatic heterocycles. The molecule has 0 heterocycles. The molecule has 0 saturated heterocycles. The second-order valence-corrected chi connectivity index (χ2v) is 30.4. The van der Waals surface area contributed by atoms with Gasteiger partial charge in [-0.3, -0.25) is 36.2 Å². The van der Waals surface area contributed by atoms with E-state index in [1.165, 1.54) is 0 Å². The smallest absolute Gasteiger partial charge is 0.396 e. The van der Waals surface area contributed by atoms with Crippen LogP contribution in [0, 0.1) is 16.2 Å². The average molecular weight is 1330 g/mol. The van der Waals surface area contributed by atoms with Crippen LogP contribution in [-0.2, 0) is 68.7 Å². The Morgan fingerprint density at radius 1 is 0.299 bits per heavy atom. The van der Waals surface area contributed by atoms with Crippen LogP contribution in [0.15, 0.2) is 0 Å². The molecule has 524 valence electrons. The van der Waals surface area contributed by atoms with Crippen molar-refractivity contribution >= 4 is 31.3 Å². The molecular weight excluding hydrogens is 1200 g/mol. The second-order valence-electron chi connectivity index (χ2n) is 24.8. The van der Waals surface area contributed by atoms with Gasteiger partial charge in [0.15, 0.2) is 0 Å². The van der Waals surface area contributed by atoms with Gasteiger partial charge in [-0.15, -0.1) is 0 Å². The highest BCUT2D eigenvalue weighted by molar-refractivity contribution is 7.48. The van der Waals surface area contributed by atoms with Crippen molar-refractivity contribution in [2.24, 2.45) is 16.2 Å². The predicted molar refractivity (Wildman–Crippen MR) is 349 cm³/mol. The topological polar surface area (TPSA) is 271 Å². The number of aliphatic hydroxyl groups is 1. The Labute approximate surface area is 530 Å². The number of hydrogen-bond donors (Lipinski definition) is 5. The van der Waals surface area contributed by atoms with Crippen molar-refractivity contribution in [1.29, 1.82) is 0 Å². The highest BCUT2D eigenvalue weighted by Crippen LogP contribution is 2.53. The Bertz CT molecular complexity index is 1740. The van der Waals surface area contributed by atoms with Gasteiger partial charge in [0.05, 0.1) is 66.1 Å².